The van der Waals surface area contributed by atoms with E-state index in [1.54, 1.807) is 0 Å². The second-order valence-electron chi connectivity index (χ2n) is 4.83. The van der Waals surface area contributed by atoms with Crippen molar-refractivity contribution in [2.75, 3.05) is 13.1 Å². The number of amides is 1. The average molecular weight is 244 g/mol. The van der Waals surface area contributed by atoms with Gasteiger partial charge in [0.05, 0.1) is 0 Å². The van der Waals surface area contributed by atoms with E-state index in [0.29, 0.717) is 19.0 Å². The molecule has 94 valence electrons. The maximum absolute atomic E-state index is 10.9. The molecule has 3 rings (SSSR count). The molecule has 0 bridgehead atoms. The van der Waals surface area contributed by atoms with Crippen LogP contribution >= 0.6 is 0 Å². The van der Waals surface area contributed by atoms with Crippen LogP contribution in [-0.4, -0.2) is 34.2 Å². The minimum atomic E-state index is -0.798. The molecule has 2 heterocycles. The smallest absolute Gasteiger partial charge is 0.407 e. The highest BCUT2D eigenvalue weighted by atomic mass is 16.4. The van der Waals surface area contributed by atoms with Crippen LogP contribution in [0.4, 0.5) is 4.79 Å². The average Bonchev–Trinajstić information content (AvgIpc) is 2.87. The Morgan fingerprint density at radius 1 is 1.28 bits per heavy atom. The fourth-order valence-corrected chi connectivity index (χ4v) is 2.85. The van der Waals surface area contributed by atoms with E-state index in [9.17, 15) is 4.79 Å². The van der Waals surface area contributed by atoms with Crippen LogP contribution in [0.5, 0.6) is 0 Å². The Morgan fingerprint density at radius 3 is 2.78 bits per heavy atom. The Bertz CT molecular complexity index is 568. The molecule has 0 unspecified atom stereocenters. The first kappa shape index (κ1) is 11.1. The predicted octanol–water partition coefficient (Wildman–Crippen LogP) is 3.03. The summed E-state index contributed by atoms with van der Waals surface area (Å²) in [5.74, 6) is 0.472. The lowest BCUT2D eigenvalue weighted by molar-refractivity contribution is 0.132. The number of rotatable bonds is 1. The van der Waals surface area contributed by atoms with Crippen molar-refractivity contribution in [3.8, 4) is 0 Å². The molecular weight excluding hydrogens is 228 g/mol. The number of aromatic amines is 1. The number of carboxylic acid groups (broad SMARTS) is 1. The summed E-state index contributed by atoms with van der Waals surface area (Å²) in [7, 11) is 0. The van der Waals surface area contributed by atoms with Crippen LogP contribution in [0.3, 0.4) is 0 Å². The summed E-state index contributed by atoms with van der Waals surface area (Å²) in [6.45, 7) is 1.28. The maximum Gasteiger partial charge on any atom is 0.407 e. The first-order valence-electron chi connectivity index (χ1n) is 6.29. The molecule has 1 aromatic heterocycles. The second kappa shape index (κ2) is 4.37. The molecule has 1 aliphatic heterocycles. The van der Waals surface area contributed by atoms with E-state index < -0.39 is 6.09 Å². The Kier molecular flexibility index (Phi) is 2.70. The fourth-order valence-electron chi connectivity index (χ4n) is 2.85. The van der Waals surface area contributed by atoms with Gasteiger partial charge in [0.1, 0.15) is 0 Å². The number of benzene rings is 1. The quantitative estimate of drug-likeness (QED) is 0.810. The van der Waals surface area contributed by atoms with Gasteiger partial charge >= 0.3 is 6.09 Å². The Balaban J connectivity index is 1.84. The van der Waals surface area contributed by atoms with Gasteiger partial charge in [0.2, 0.25) is 0 Å². The van der Waals surface area contributed by atoms with Gasteiger partial charge in [-0.15, -0.1) is 0 Å². The summed E-state index contributed by atoms with van der Waals surface area (Å²) in [6.07, 6.45) is 2.99. The zero-order valence-corrected chi connectivity index (χ0v) is 10.1. The van der Waals surface area contributed by atoms with Crippen molar-refractivity contribution in [1.29, 1.82) is 0 Å². The minimum Gasteiger partial charge on any atom is -0.465 e. The van der Waals surface area contributed by atoms with Crippen LogP contribution in [0.15, 0.2) is 30.5 Å². The number of nitrogens with zero attached hydrogens (tertiary/aromatic N) is 1. The standard InChI is InChI=1S/C14H16N2O2/c17-14(18)16-8-5-10(6-9-16)11-2-1-3-13-12(11)4-7-15-13/h1-4,7,10,15H,5-6,8-9H2,(H,17,18). The number of nitrogens with one attached hydrogen (secondary N) is 1. The van der Waals surface area contributed by atoms with Crippen molar-refractivity contribution >= 4 is 17.0 Å². The summed E-state index contributed by atoms with van der Waals surface area (Å²) in [5.41, 5.74) is 2.51. The van der Waals surface area contributed by atoms with E-state index in [0.717, 1.165) is 18.4 Å². The van der Waals surface area contributed by atoms with Gasteiger partial charge in [0.15, 0.2) is 0 Å². The molecule has 0 atom stereocenters. The molecule has 1 fully saturated rings. The van der Waals surface area contributed by atoms with Crippen molar-refractivity contribution < 1.29 is 9.90 Å². The Hall–Kier alpha value is -1.97. The minimum absolute atomic E-state index is 0.472. The molecule has 1 saturated heterocycles. The van der Waals surface area contributed by atoms with E-state index >= 15 is 0 Å². The molecule has 2 aromatic rings. The first-order chi connectivity index (χ1) is 8.75. The molecule has 0 aliphatic carbocycles. The van der Waals surface area contributed by atoms with E-state index in [1.807, 2.05) is 6.20 Å². The van der Waals surface area contributed by atoms with Crippen LogP contribution in [0.1, 0.15) is 24.3 Å². The van der Waals surface area contributed by atoms with Gasteiger partial charge in [-0.3, -0.25) is 0 Å². The van der Waals surface area contributed by atoms with Gasteiger partial charge in [-0.1, -0.05) is 12.1 Å². The Morgan fingerprint density at radius 2 is 2.06 bits per heavy atom. The lowest BCUT2D eigenvalue weighted by Crippen LogP contribution is -2.36. The molecular formula is C14H16N2O2. The fraction of sp³-hybridized carbons (Fsp3) is 0.357. The van der Waals surface area contributed by atoms with Crippen LogP contribution in [-0.2, 0) is 0 Å². The summed E-state index contributed by atoms with van der Waals surface area (Å²) in [4.78, 5) is 15.6. The molecule has 1 aromatic carbocycles. The van der Waals surface area contributed by atoms with Gasteiger partial charge in [-0.25, -0.2) is 4.79 Å². The normalized spacial score (nSPS) is 17.2. The van der Waals surface area contributed by atoms with Crippen molar-refractivity contribution in [3.05, 3.63) is 36.0 Å². The molecule has 1 amide bonds. The monoisotopic (exact) mass is 244 g/mol. The number of carbonyl (C=O) groups is 1. The molecule has 0 spiro atoms. The number of piperidine rings is 1. The van der Waals surface area contributed by atoms with E-state index in [-0.39, 0.29) is 0 Å². The van der Waals surface area contributed by atoms with Gasteiger partial charge in [0, 0.05) is 30.2 Å². The summed E-state index contributed by atoms with van der Waals surface area (Å²) in [6, 6.07) is 8.41. The number of hydrogen-bond acceptors (Lipinski definition) is 1. The topological polar surface area (TPSA) is 56.3 Å². The highest BCUT2D eigenvalue weighted by Gasteiger charge is 2.24. The molecule has 4 nitrogen and oxygen atoms in total. The van der Waals surface area contributed by atoms with E-state index in [1.165, 1.54) is 15.8 Å². The first-order valence-corrected chi connectivity index (χ1v) is 6.29. The van der Waals surface area contributed by atoms with Crippen molar-refractivity contribution in [2.45, 2.75) is 18.8 Å². The molecule has 0 radical (unpaired) electrons. The van der Waals surface area contributed by atoms with Gasteiger partial charge in [0.25, 0.3) is 0 Å². The number of fused-ring (bicyclic) bond motifs is 1. The van der Waals surface area contributed by atoms with E-state index in [4.69, 9.17) is 5.11 Å². The zero-order chi connectivity index (χ0) is 12.5. The lowest BCUT2D eigenvalue weighted by Gasteiger charge is -2.30. The zero-order valence-electron chi connectivity index (χ0n) is 10.1. The molecule has 18 heavy (non-hydrogen) atoms. The summed E-state index contributed by atoms with van der Waals surface area (Å²) < 4.78 is 0. The second-order valence-corrected chi connectivity index (χ2v) is 4.83. The van der Waals surface area contributed by atoms with Crippen LogP contribution in [0, 0.1) is 0 Å². The maximum atomic E-state index is 10.9. The Labute approximate surface area is 105 Å². The highest BCUT2D eigenvalue weighted by molar-refractivity contribution is 5.83. The lowest BCUT2D eigenvalue weighted by atomic mass is 9.87. The number of H-pyrrole nitrogens is 1. The SMILES string of the molecule is O=C(O)N1CCC(c2cccc3[nH]ccc23)CC1. The largest absolute Gasteiger partial charge is 0.465 e. The summed E-state index contributed by atoms with van der Waals surface area (Å²) >= 11 is 0. The van der Waals surface area contributed by atoms with Crippen molar-refractivity contribution in [3.63, 3.8) is 0 Å². The molecule has 0 saturated carbocycles. The third-order valence-corrected chi connectivity index (χ3v) is 3.83. The molecule has 4 heteroatoms. The van der Waals surface area contributed by atoms with Gasteiger partial charge in [-0.05, 0) is 36.5 Å². The molecule has 1 aliphatic rings. The predicted molar refractivity (Wildman–Crippen MR) is 69.9 cm³/mol. The van der Waals surface area contributed by atoms with Gasteiger partial charge in [-0.2, -0.15) is 0 Å². The third-order valence-electron chi connectivity index (χ3n) is 3.83. The van der Waals surface area contributed by atoms with Crippen LogP contribution < -0.4 is 0 Å². The van der Waals surface area contributed by atoms with Crippen LogP contribution in [0.2, 0.25) is 0 Å². The number of likely N-dealkylation sites (tertiary alicyclic amines) is 1. The van der Waals surface area contributed by atoms with Gasteiger partial charge < -0.3 is 15.0 Å². The number of hydrogen-bond donors (Lipinski definition) is 2. The van der Waals surface area contributed by atoms with Crippen molar-refractivity contribution in [2.24, 2.45) is 0 Å². The highest BCUT2D eigenvalue weighted by Crippen LogP contribution is 2.32. The van der Waals surface area contributed by atoms with E-state index in [2.05, 4.69) is 29.2 Å². The van der Waals surface area contributed by atoms with Crippen LogP contribution in [0.25, 0.3) is 10.9 Å². The van der Waals surface area contributed by atoms with Crippen molar-refractivity contribution in [1.82, 2.24) is 9.88 Å². The third kappa shape index (κ3) is 1.83. The molecule has 2 N–H and O–H groups in total. The number of aromatic nitrogens is 1. The summed E-state index contributed by atoms with van der Waals surface area (Å²) in [5, 5.41) is 10.2.